The Labute approximate surface area is 192 Å². The van der Waals surface area contributed by atoms with Gasteiger partial charge in [-0.1, -0.05) is 50.2 Å². The molecule has 0 saturated heterocycles. The van der Waals surface area contributed by atoms with Crippen molar-refractivity contribution in [1.29, 1.82) is 0 Å². The maximum absolute atomic E-state index is 12.5. The van der Waals surface area contributed by atoms with Crippen LogP contribution in [0, 0.1) is 5.92 Å². The molecule has 3 rings (SSSR count). The Morgan fingerprint density at radius 1 is 1.09 bits per heavy atom. The van der Waals surface area contributed by atoms with E-state index in [1.165, 1.54) is 6.08 Å². The van der Waals surface area contributed by atoms with Crippen molar-refractivity contribution in [2.75, 3.05) is 13.4 Å². The zero-order chi connectivity index (χ0) is 23.8. The van der Waals surface area contributed by atoms with Crippen LogP contribution in [0.4, 0.5) is 0 Å². The van der Waals surface area contributed by atoms with Gasteiger partial charge >= 0.3 is 5.97 Å². The third kappa shape index (κ3) is 7.33. The molecule has 0 saturated carbocycles. The zero-order valence-corrected chi connectivity index (χ0v) is 19.1. The van der Waals surface area contributed by atoms with Crippen LogP contribution in [0.2, 0.25) is 0 Å². The van der Waals surface area contributed by atoms with Crippen molar-refractivity contribution in [3.63, 3.8) is 0 Å². The summed E-state index contributed by atoms with van der Waals surface area (Å²) in [5, 5.41) is 3.63. The summed E-state index contributed by atoms with van der Waals surface area (Å²) in [5.74, 6) is -0.509. The molecule has 2 aromatic rings. The van der Waals surface area contributed by atoms with Crippen LogP contribution in [0.1, 0.15) is 25.0 Å². The summed E-state index contributed by atoms with van der Waals surface area (Å²) in [5.41, 5.74) is 1.49. The molecule has 1 heterocycles. The SMILES string of the molecule is CC(C)[C@@H](NS(=O)(=O)/C=C/c1ccccc1)C(=O)OCC(=O)NCc1ccc2c(c1)OCO2. The van der Waals surface area contributed by atoms with E-state index in [1.807, 2.05) is 6.07 Å². The Balaban J connectivity index is 1.50. The van der Waals surface area contributed by atoms with Gasteiger partial charge in [0.05, 0.1) is 0 Å². The molecule has 0 unspecified atom stereocenters. The smallest absolute Gasteiger partial charge is 0.324 e. The minimum absolute atomic E-state index is 0.157. The number of rotatable bonds is 10. The van der Waals surface area contributed by atoms with E-state index < -0.39 is 40.5 Å². The first-order valence-electron chi connectivity index (χ1n) is 10.3. The van der Waals surface area contributed by atoms with Crippen LogP contribution in [-0.2, 0) is 30.9 Å². The lowest BCUT2D eigenvalue weighted by Crippen LogP contribution is -2.45. The van der Waals surface area contributed by atoms with Crippen LogP contribution >= 0.6 is 0 Å². The van der Waals surface area contributed by atoms with Gasteiger partial charge in [-0.25, -0.2) is 8.42 Å². The fourth-order valence-corrected chi connectivity index (χ4v) is 4.07. The van der Waals surface area contributed by atoms with E-state index in [-0.39, 0.29) is 13.3 Å². The average molecular weight is 475 g/mol. The van der Waals surface area contributed by atoms with Crippen LogP contribution < -0.4 is 19.5 Å². The van der Waals surface area contributed by atoms with E-state index in [1.54, 1.807) is 56.3 Å². The van der Waals surface area contributed by atoms with Gasteiger partial charge in [-0.15, -0.1) is 0 Å². The molecule has 33 heavy (non-hydrogen) atoms. The van der Waals surface area contributed by atoms with E-state index in [2.05, 4.69) is 10.0 Å². The second-order valence-electron chi connectivity index (χ2n) is 7.67. The van der Waals surface area contributed by atoms with Crippen molar-refractivity contribution in [2.45, 2.75) is 26.4 Å². The highest BCUT2D eigenvalue weighted by Crippen LogP contribution is 2.32. The van der Waals surface area contributed by atoms with Crippen LogP contribution in [0.3, 0.4) is 0 Å². The molecule has 0 fully saturated rings. The van der Waals surface area contributed by atoms with Gasteiger partial charge in [-0.2, -0.15) is 4.72 Å². The first-order valence-corrected chi connectivity index (χ1v) is 11.9. The van der Waals surface area contributed by atoms with Gasteiger partial charge in [0.2, 0.25) is 16.8 Å². The minimum Gasteiger partial charge on any atom is -0.454 e. The molecular weight excluding hydrogens is 448 g/mol. The quantitative estimate of drug-likeness (QED) is 0.507. The molecule has 9 nitrogen and oxygen atoms in total. The molecule has 2 N–H and O–H groups in total. The number of carbonyl (C=O) groups excluding carboxylic acids is 2. The van der Waals surface area contributed by atoms with Gasteiger partial charge in [0.25, 0.3) is 5.91 Å². The van der Waals surface area contributed by atoms with Gasteiger partial charge in [-0.3, -0.25) is 9.59 Å². The van der Waals surface area contributed by atoms with E-state index in [4.69, 9.17) is 14.2 Å². The van der Waals surface area contributed by atoms with E-state index in [9.17, 15) is 18.0 Å². The predicted molar refractivity (Wildman–Crippen MR) is 122 cm³/mol. The Hall–Kier alpha value is -3.37. The Morgan fingerprint density at radius 3 is 2.55 bits per heavy atom. The lowest BCUT2D eigenvalue weighted by molar-refractivity contribution is -0.151. The second kappa shape index (κ2) is 11.0. The first kappa shape index (κ1) is 24.3. The lowest BCUT2D eigenvalue weighted by atomic mass is 10.1. The van der Waals surface area contributed by atoms with Crippen LogP contribution in [0.5, 0.6) is 11.5 Å². The minimum atomic E-state index is -3.91. The molecule has 0 bridgehead atoms. The summed E-state index contributed by atoms with van der Waals surface area (Å²) in [6.45, 7) is 3.18. The highest BCUT2D eigenvalue weighted by molar-refractivity contribution is 7.92. The average Bonchev–Trinajstić information content (AvgIpc) is 3.27. The largest absolute Gasteiger partial charge is 0.454 e. The molecule has 1 aliphatic rings. The first-order chi connectivity index (χ1) is 15.7. The highest BCUT2D eigenvalue weighted by atomic mass is 32.2. The van der Waals surface area contributed by atoms with Gasteiger partial charge in [0, 0.05) is 12.0 Å². The molecule has 0 radical (unpaired) electrons. The fraction of sp³-hybridized carbons (Fsp3) is 0.304. The van der Waals surface area contributed by atoms with Gasteiger partial charge in [0.1, 0.15) is 6.04 Å². The maximum Gasteiger partial charge on any atom is 0.324 e. The Kier molecular flexibility index (Phi) is 8.07. The van der Waals surface area contributed by atoms with E-state index in [0.29, 0.717) is 17.1 Å². The third-order valence-corrected chi connectivity index (χ3v) is 5.80. The topological polar surface area (TPSA) is 120 Å². The van der Waals surface area contributed by atoms with E-state index >= 15 is 0 Å². The molecule has 1 aliphatic heterocycles. The van der Waals surface area contributed by atoms with Crippen molar-refractivity contribution in [2.24, 2.45) is 5.92 Å². The Morgan fingerprint density at radius 2 is 1.82 bits per heavy atom. The number of benzene rings is 2. The summed E-state index contributed by atoms with van der Waals surface area (Å²) in [6.07, 6.45) is 1.43. The molecule has 1 amide bonds. The summed E-state index contributed by atoms with van der Waals surface area (Å²) in [6, 6.07) is 13.0. The zero-order valence-electron chi connectivity index (χ0n) is 18.3. The number of nitrogens with one attached hydrogen (secondary N) is 2. The summed E-state index contributed by atoms with van der Waals surface area (Å²) < 4.78 is 42.7. The third-order valence-electron chi connectivity index (χ3n) is 4.72. The molecule has 10 heteroatoms. The Bertz CT molecular complexity index is 1110. The molecule has 0 aromatic heterocycles. The van der Waals surface area contributed by atoms with Crippen molar-refractivity contribution in [1.82, 2.24) is 10.0 Å². The summed E-state index contributed by atoms with van der Waals surface area (Å²) >= 11 is 0. The van der Waals surface area contributed by atoms with Gasteiger partial charge in [0.15, 0.2) is 18.1 Å². The number of hydrogen-bond donors (Lipinski definition) is 2. The highest BCUT2D eigenvalue weighted by Gasteiger charge is 2.28. The second-order valence-corrected chi connectivity index (χ2v) is 9.27. The number of sulfonamides is 1. The van der Waals surface area contributed by atoms with Gasteiger partial charge in [-0.05, 0) is 35.3 Å². The van der Waals surface area contributed by atoms with Crippen molar-refractivity contribution < 1.29 is 32.2 Å². The van der Waals surface area contributed by atoms with Crippen LogP contribution in [0.25, 0.3) is 6.08 Å². The van der Waals surface area contributed by atoms with Gasteiger partial charge < -0.3 is 19.5 Å². The molecule has 1 atom stereocenters. The molecule has 2 aromatic carbocycles. The fourth-order valence-electron chi connectivity index (χ4n) is 2.93. The lowest BCUT2D eigenvalue weighted by Gasteiger charge is -2.19. The number of fused-ring (bicyclic) bond motifs is 1. The maximum atomic E-state index is 12.5. The van der Waals surface area contributed by atoms with Crippen LogP contribution in [-0.4, -0.2) is 39.7 Å². The summed E-state index contributed by atoms with van der Waals surface area (Å²) in [4.78, 5) is 24.6. The summed E-state index contributed by atoms with van der Waals surface area (Å²) in [7, 11) is -3.91. The number of ether oxygens (including phenoxy) is 3. The standard InChI is InChI=1S/C23H26N2O7S/c1-16(2)22(25-33(28,29)11-10-17-6-4-3-5-7-17)23(27)30-14-21(26)24-13-18-8-9-19-20(12-18)32-15-31-19/h3-12,16,22,25H,13-15H2,1-2H3,(H,24,26)/b11-10+/t22-/m1/s1. The number of esters is 1. The molecule has 176 valence electrons. The van der Waals surface area contributed by atoms with Crippen molar-refractivity contribution >= 4 is 28.0 Å². The van der Waals surface area contributed by atoms with E-state index in [0.717, 1.165) is 11.0 Å². The van der Waals surface area contributed by atoms with Crippen LogP contribution in [0.15, 0.2) is 53.9 Å². The van der Waals surface area contributed by atoms with Crippen molar-refractivity contribution in [3.8, 4) is 11.5 Å². The molecule has 0 aliphatic carbocycles. The number of hydrogen-bond acceptors (Lipinski definition) is 7. The molecule has 0 spiro atoms. The number of carbonyl (C=O) groups is 2. The predicted octanol–water partition coefficient (Wildman–Crippen LogP) is 2.19. The van der Waals surface area contributed by atoms with Crippen molar-refractivity contribution in [3.05, 3.63) is 65.1 Å². The monoisotopic (exact) mass is 474 g/mol. The normalized spacial score (nSPS) is 13.8. The molecular formula is C23H26N2O7S. The number of amides is 1.